The quantitative estimate of drug-likeness (QED) is 0.602. The van der Waals surface area contributed by atoms with Crippen molar-refractivity contribution in [1.82, 2.24) is 0 Å². The maximum atomic E-state index is 11.1. The molecular weight excluding hydrogens is 315 g/mol. The van der Waals surface area contributed by atoms with Crippen molar-refractivity contribution in [3.05, 3.63) is 58.6 Å². The molecular formula is C18H20ClO2P. The maximum Gasteiger partial charge on any atom is 0.151 e. The SMILES string of the molecule is Cc1cc(P(OC(C)(C)C)c2ccccc2)cc(Cl)c1C=O. The highest BCUT2D eigenvalue weighted by atomic mass is 35.5. The minimum Gasteiger partial charge on any atom is -0.344 e. The number of halogens is 1. The standard InChI is InChI=1S/C18H20ClO2P/c1-13-10-15(11-17(19)16(13)12-20)22(21-18(2,3)4)14-8-6-5-7-9-14/h5-12H,1-4H3. The Morgan fingerprint density at radius 1 is 1.09 bits per heavy atom. The topological polar surface area (TPSA) is 26.3 Å². The molecule has 0 heterocycles. The van der Waals surface area contributed by atoms with E-state index in [1.165, 1.54) is 0 Å². The number of carbonyl (C=O) groups is 1. The number of hydrogen-bond donors (Lipinski definition) is 0. The third kappa shape index (κ3) is 4.16. The summed E-state index contributed by atoms with van der Waals surface area (Å²) >= 11 is 6.26. The minimum absolute atomic E-state index is 0.273. The molecule has 116 valence electrons. The molecule has 1 unspecified atom stereocenters. The van der Waals surface area contributed by atoms with E-state index < -0.39 is 8.15 Å². The molecule has 0 radical (unpaired) electrons. The molecule has 22 heavy (non-hydrogen) atoms. The van der Waals surface area contributed by atoms with E-state index in [0.717, 1.165) is 22.5 Å². The first kappa shape index (κ1) is 17.1. The average Bonchev–Trinajstić information content (AvgIpc) is 2.44. The van der Waals surface area contributed by atoms with Gasteiger partial charge >= 0.3 is 0 Å². The van der Waals surface area contributed by atoms with Crippen molar-refractivity contribution in [2.24, 2.45) is 0 Å². The molecule has 2 nitrogen and oxygen atoms in total. The molecule has 0 fully saturated rings. The molecule has 1 atom stereocenters. The van der Waals surface area contributed by atoms with Crippen LogP contribution in [0, 0.1) is 6.92 Å². The van der Waals surface area contributed by atoms with Gasteiger partial charge in [0.15, 0.2) is 6.29 Å². The van der Waals surface area contributed by atoms with Crippen molar-refractivity contribution >= 4 is 36.6 Å². The molecule has 0 aliphatic rings. The molecule has 0 aliphatic heterocycles. The maximum absolute atomic E-state index is 11.1. The number of hydrogen-bond acceptors (Lipinski definition) is 2. The third-order valence-electron chi connectivity index (χ3n) is 3.03. The fourth-order valence-corrected chi connectivity index (χ4v) is 4.54. The molecule has 0 spiro atoms. The highest BCUT2D eigenvalue weighted by Crippen LogP contribution is 2.40. The molecule has 0 saturated carbocycles. The second-order valence-electron chi connectivity index (χ2n) is 6.11. The van der Waals surface area contributed by atoms with Crippen molar-refractivity contribution < 1.29 is 9.32 Å². The number of rotatable bonds is 4. The second kappa shape index (κ2) is 6.91. The summed E-state index contributed by atoms with van der Waals surface area (Å²) in [5, 5.41) is 2.62. The van der Waals surface area contributed by atoms with Crippen molar-refractivity contribution in [2.45, 2.75) is 33.3 Å². The summed E-state index contributed by atoms with van der Waals surface area (Å²) in [5.74, 6) is 0. The molecule has 0 saturated heterocycles. The third-order valence-corrected chi connectivity index (χ3v) is 5.57. The number of aldehydes is 1. The van der Waals surface area contributed by atoms with Crippen LogP contribution in [0.25, 0.3) is 0 Å². The average molecular weight is 335 g/mol. The zero-order valence-electron chi connectivity index (χ0n) is 13.3. The zero-order valence-corrected chi connectivity index (χ0v) is 14.9. The van der Waals surface area contributed by atoms with E-state index in [4.69, 9.17) is 16.1 Å². The Morgan fingerprint density at radius 2 is 1.73 bits per heavy atom. The van der Waals surface area contributed by atoms with E-state index in [2.05, 4.69) is 12.1 Å². The van der Waals surface area contributed by atoms with Gasteiger partial charge in [-0.3, -0.25) is 4.79 Å². The van der Waals surface area contributed by atoms with Gasteiger partial charge in [0.1, 0.15) is 0 Å². The molecule has 0 aliphatic carbocycles. The summed E-state index contributed by atoms with van der Waals surface area (Å²) in [5.41, 5.74) is 1.15. The first-order chi connectivity index (χ1) is 10.3. The van der Waals surface area contributed by atoms with E-state index in [1.54, 1.807) is 0 Å². The Hall–Kier alpha value is -1.21. The summed E-state index contributed by atoms with van der Waals surface area (Å²) in [6.45, 7) is 8.02. The summed E-state index contributed by atoms with van der Waals surface area (Å²) in [6.07, 6.45) is 0.802. The van der Waals surface area contributed by atoms with Crippen LogP contribution >= 0.6 is 19.7 Å². The minimum atomic E-state index is -0.989. The number of benzene rings is 2. The van der Waals surface area contributed by atoms with E-state index in [-0.39, 0.29) is 5.60 Å². The van der Waals surface area contributed by atoms with E-state index in [9.17, 15) is 4.79 Å². The van der Waals surface area contributed by atoms with Gasteiger partial charge in [-0.2, -0.15) is 0 Å². The Morgan fingerprint density at radius 3 is 2.23 bits per heavy atom. The van der Waals surface area contributed by atoms with Crippen LogP contribution in [-0.4, -0.2) is 11.9 Å². The summed E-state index contributed by atoms with van der Waals surface area (Å²) in [6, 6.07) is 14.0. The van der Waals surface area contributed by atoms with E-state index in [0.29, 0.717) is 10.6 Å². The van der Waals surface area contributed by atoms with Crippen LogP contribution in [-0.2, 0) is 4.52 Å². The Bertz CT molecular complexity index is 640. The first-order valence-electron chi connectivity index (χ1n) is 7.11. The fraction of sp³-hybridized carbons (Fsp3) is 0.278. The lowest BCUT2D eigenvalue weighted by Gasteiger charge is -2.28. The van der Waals surface area contributed by atoms with Gasteiger partial charge < -0.3 is 4.52 Å². The molecule has 0 bridgehead atoms. The van der Waals surface area contributed by atoms with Crippen LogP contribution in [0.1, 0.15) is 36.7 Å². The van der Waals surface area contributed by atoms with Crippen molar-refractivity contribution in [3.8, 4) is 0 Å². The molecule has 0 aromatic heterocycles. The number of carbonyl (C=O) groups excluding carboxylic acids is 1. The van der Waals surface area contributed by atoms with Gasteiger partial charge in [-0.25, -0.2) is 0 Å². The highest BCUT2D eigenvalue weighted by molar-refractivity contribution is 7.68. The lowest BCUT2D eigenvalue weighted by atomic mass is 10.1. The summed E-state index contributed by atoms with van der Waals surface area (Å²) in [7, 11) is -0.989. The van der Waals surface area contributed by atoms with E-state index in [1.807, 2.05) is 58.0 Å². The molecule has 4 heteroatoms. The Kier molecular flexibility index (Phi) is 5.39. The monoisotopic (exact) mass is 334 g/mol. The first-order valence-corrected chi connectivity index (χ1v) is 8.75. The molecule has 2 rings (SSSR count). The molecule has 2 aromatic carbocycles. The summed E-state index contributed by atoms with van der Waals surface area (Å²) < 4.78 is 6.31. The van der Waals surface area contributed by atoms with Gasteiger partial charge in [0, 0.05) is 16.2 Å². The van der Waals surface area contributed by atoms with Crippen LogP contribution < -0.4 is 10.6 Å². The Balaban J connectivity index is 2.52. The highest BCUT2D eigenvalue weighted by Gasteiger charge is 2.23. The van der Waals surface area contributed by atoms with Crippen molar-refractivity contribution in [3.63, 3.8) is 0 Å². The summed E-state index contributed by atoms with van der Waals surface area (Å²) in [4.78, 5) is 11.1. The lowest BCUT2D eigenvalue weighted by molar-refractivity contribution is 0.112. The van der Waals surface area contributed by atoms with Crippen LogP contribution in [0.4, 0.5) is 0 Å². The van der Waals surface area contributed by atoms with Gasteiger partial charge in [-0.1, -0.05) is 41.9 Å². The van der Waals surface area contributed by atoms with Crippen molar-refractivity contribution in [2.75, 3.05) is 0 Å². The Labute approximate surface area is 138 Å². The fourth-order valence-electron chi connectivity index (χ4n) is 2.10. The lowest BCUT2D eigenvalue weighted by Crippen LogP contribution is -2.24. The van der Waals surface area contributed by atoms with Crippen LogP contribution in [0.5, 0.6) is 0 Å². The smallest absolute Gasteiger partial charge is 0.151 e. The van der Waals surface area contributed by atoms with Gasteiger partial charge in [-0.15, -0.1) is 0 Å². The van der Waals surface area contributed by atoms with Gasteiger partial charge in [0.05, 0.1) is 18.8 Å². The van der Waals surface area contributed by atoms with Gasteiger partial charge in [0.2, 0.25) is 0 Å². The van der Waals surface area contributed by atoms with Crippen LogP contribution in [0.15, 0.2) is 42.5 Å². The molecule has 0 N–H and O–H groups in total. The number of aryl methyl sites for hydroxylation is 1. The molecule has 2 aromatic rings. The zero-order chi connectivity index (χ0) is 16.3. The second-order valence-corrected chi connectivity index (χ2v) is 8.32. The van der Waals surface area contributed by atoms with Gasteiger partial charge in [-0.05, 0) is 45.4 Å². The van der Waals surface area contributed by atoms with Crippen molar-refractivity contribution in [1.29, 1.82) is 0 Å². The largest absolute Gasteiger partial charge is 0.344 e. The van der Waals surface area contributed by atoms with Gasteiger partial charge in [0.25, 0.3) is 0 Å². The van der Waals surface area contributed by atoms with E-state index >= 15 is 0 Å². The predicted octanol–water partition coefficient (Wildman–Crippen LogP) is 4.62. The van der Waals surface area contributed by atoms with Crippen LogP contribution in [0.2, 0.25) is 5.02 Å². The molecule has 0 amide bonds. The predicted molar refractivity (Wildman–Crippen MR) is 95.0 cm³/mol. The van der Waals surface area contributed by atoms with Crippen LogP contribution in [0.3, 0.4) is 0 Å². The normalized spacial score (nSPS) is 13.0.